The van der Waals surface area contributed by atoms with Crippen LogP contribution < -0.4 is 5.32 Å². The van der Waals surface area contributed by atoms with Crippen LogP contribution in [0.3, 0.4) is 0 Å². The monoisotopic (exact) mass is 282 g/mol. The molecule has 2 aromatic rings. The maximum absolute atomic E-state index is 11.4. The zero-order valence-electron chi connectivity index (χ0n) is 9.49. The summed E-state index contributed by atoms with van der Waals surface area (Å²) in [5.41, 5.74) is 0.645. The van der Waals surface area contributed by atoms with Gasteiger partial charge < -0.3 is 4.84 Å². The lowest BCUT2D eigenvalue weighted by Crippen LogP contribution is -2.17. The van der Waals surface area contributed by atoms with Crippen molar-refractivity contribution in [1.29, 1.82) is 0 Å². The number of nitrogens with one attached hydrogen (secondary N) is 1. The second-order valence-electron chi connectivity index (χ2n) is 3.17. The lowest BCUT2D eigenvalue weighted by Gasteiger charge is -2.00. The van der Waals surface area contributed by atoms with E-state index in [0.29, 0.717) is 10.8 Å². The number of hydrogen-bond donors (Lipinski definition) is 1. The van der Waals surface area contributed by atoms with Gasteiger partial charge in [0.1, 0.15) is 10.7 Å². The molecule has 6 nitrogen and oxygen atoms in total. The van der Waals surface area contributed by atoms with Crippen molar-refractivity contribution in [3.8, 4) is 0 Å². The quantitative estimate of drug-likeness (QED) is 0.672. The topological polar surface area (TPSA) is 76.5 Å². The van der Waals surface area contributed by atoms with Crippen molar-refractivity contribution < 1.29 is 9.63 Å². The summed E-state index contributed by atoms with van der Waals surface area (Å²) in [6.07, 6.45) is 3.31. The molecule has 0 unspecified atom stereocenters. The van der Waals surface area contributed by atoms with Crippen molar-refractivity contribution in [1.82, 2.24) is 9.97 Å². The number of aromatic nitrogens is 2. The summed E-state index contributed by atoms with van der Waals surface area (Å²) < 4.78 is 0. The van der Waals surface area contributed by atoms with E-state index in [4.69, 9.17) is 4.84 Å². The summed E-state index contributed by atoms with van der Waals surface area (Å²) in [5, 5.41) is 11.4. The lowest BCUT2D eigenvalue weighted by molar-refractivity contribution is -0.120. The number of anilines is 1. The van der Waals surface area contributed by atoms with Gasteiger partial charge in [-0.1, -0.05) is 5.16 Å². The number of oxime groups is 1. The SMILES string of the molecule is C/C(=N/OCC(=O)Nc1nccs1)c1nccs1. The smallest absolute Gasteiger partial charge is 0.266 e. The minimum absolute atomic E-state index is 0.151. The third-order valence-corrected chi connectivity index (χ3v) is 3.39. The Morgan fingerprint density at radius 2 is 2.17 bits per heavy atom. The van der Waals surface area contributed by atoms with Gasteiger partial charge in [0.25, 0.3) is 5.91 Å². The molecule has 0 aliphatic heterocycles. The summed E-state index contributed by atoms with van der Waals surface area (Å²) in [6.45, 7) is 1.62. The molecular weight excluding hydrogens is 272 g/mol. The van der Waals surface area contributed by atoms with Gasteiger partial charge in [0.15, 0.2) is 11.7 Å². The third-order valence-electron chi connectivity index (χ3n) is 1.82. The minimum atomic E-state index is -0.291. The number of carbonyl (C=O) groups is 1. The second kappa shape index (κ2) is 6.22. The highest BCUT2D eigenvalue weighted by Crippen LogP contribution is 2.10. The van der Waals surface area contributed by atoms with E-state index in [1.54, 1.807) is 24.7 Å². The summed E-state index contributed by atoms with van der Waals surface area (Å²) in [7, 11) is 0. The van der Waals surface area contributed by atoms with Gasteiger partial charge >= 0.3 is 0 Å². The fourth-order valence-corrected chi connectivity index (χ4v) is 2.19. The first-order valence-corrected chi connectivity index (χ1v) is 6.77. The van der Waals surface area contributed by atoms with Gasteiger partial charge in [0.05, 0.1) is 0 Å². The van der Waals surface area contributed by atoms with E-state index in [0.717, 1.165) is 5.01 Å². The molecule has 18 heavy (non-hydrogen) atoms. The molecule has 1 N–H and O–H groups in total. The first kappa shape index (κ1) is 12.7. The molecule has 1 amide bonds. The van der Waals surface area contributed by atoms with Crippen molar-refractivity contribution in [2.75, 3.05) is 11.9 Å². The maximum Gasteiger partial charge on any atom is 0.266 e. The van der Waals surface area contributed by atoms with Crippen molar-refractivity contribution in [2.24, 2.45) is 5.16 Å². The zero-order valence-corrected chi connectivity index (χ0v) is 11.1. The molecule has 0 aliphatic carbocycles. The fraction of sp³-hybridized carbons (Fsp3) is 0.200. The highest BCUT2D eigenvalue weighted by Gasteiger charge is 2.05. The molecule has 2 aromatic heterocycles. The Hall–Kier alpha value is -1.80. The van der Waals surface area contributed by atoms with Crippen molar-refractivity contribution in [3.05, 3.63) is 28.2 Å². The van der Waals surface area contributed by atoms with Gasteiger partial charge in [0, 0.05) is 23.2 Å². The van der Waals surface area contributed by atoms with E-state index in [1.165, 1.54) is 22.7 Å². The van der Waals surface area contributed by atoms with Crippen LogP contribution in [0.1, 0.15) is 11.9 Å². The second-order valence-corrected chi connectivity index (χ2v) is 4.96. The van der Waals surface area contributed by atoms with Gasteiger partial charge in [-0.25, -0.2) is 9.97 Å². The van der Waals surface area contributed by atoms with E-state index >= 15 is 0 Å². The van der Waals surface area contributed by atoms with Crippen LogP contribution in [0.2, 0.25) is 0 Å². The van der Waals surface area contributed by atoms with Gasteiger partial charge in [-0.15, -0.1) is 22.7 Å². The normalized spacial score (nSPS) is 11.3. The molecule has 0 atom stereocenters. The number of nitrogens with zero attached hydrogens (tertiary/aromatic N) is 3. The average Bonchev–Trinajstić information content (AvgIpc) is 3.00. The zero-order chi connectivity index (χ0) is 12.8. The Kier molecular flexibility index (Phi) is 4.37. The van der Waals surface area contributed by atoms with E-state index in [1.807, 2.05) is 5.38 Å². The van der Waals surface area contributed by atoms with Crippen molar-refractivity contribution in [2.45, 2.75) is 6.92 Å². The molecule has 0 spiro atoms. The van der Waals surface area contributed by atoms with E-state index < -0.39 is 0 Å². The Morgan fingerprint density at radius 3 is 2.83 bits per heavy atom. The minimum Gasteiger partial charge on any atom is -0.385 e. The number of thiazole rings is 2. The summed E-state index contributed by atoms with van der Waals surface area (Å²) >= 11 is 2.81. The lowest BCUT2D eigenvalue weighted by atomic mass is 10.5. The molecule has 8 heteroatoms. The molecule has 0 aromatic carbocycles. The fourth-order valence-electron chi connectivity index (χ4n) is 1.07. The van der Waals surface area contributed by atoms with E-state index in [-0.39, 0.29) is 12.5 Å². The Morgan fingerprint density at radius 1 is 1.39 bits per heavy atom. The molecule has 0 aliphatic rings. The summed E-state index contributed by atoms with van der Waals surface area (Å²) in [6, 6.07) is 0. The van der Waals surface area contributed by atoms with Crippen LogP contribution in [0.15, 0.2) is 28.3 Å². The molecule has 2 rings (SSSR count). The molecule has 94 valence electrons. The average molecular weight is 282 g/mol. The number of amides is 1. The highest BCUT2D eigenvalue weighted by molar-refractivity contribution is 7.13. The first-order chi connectivity index (χ1) is 8.75. The van der Waals surface area contributed by atoms with Crippen LogP contribution >= 0.6 is 22.7 Å². The number of carbonyl (C=O) groups excluding carboxylic acids is 1. The van der Waals surface area contributed by atoms with E-state index in [2.05, 4.69) is 20.4 Å². The predicted molar refractivity (Wildman–Crippen MR) is 71.0 cm³/mol. The van der Waals surface area contributed by atoms with Gasteiger partial charge in [0.2, 0.25) is 0 Å². The standard InChI is InChI=1S/C10H10N4O2S2/c1-7(9-11-2-4-17-9)14-16-6-8(15)13-10-12-3-5-18-10/h2-5H,6H2,1H3,(H,12,13,15)/b14-7-. The van der Waals surface area contributed by atoms with Crippen LogP contribution in [0, 0.1) is 0 Å². The number of hydrogen-bond acceptors (Lipinski definition) is 7. The summed E-state index contributed by atoms with van der Waals surface area (Å²) in [5.74, 6) is -0.291. The van der Waals surface area contributed by atoms with Crippen LogP contribution in [0.25, 0.3) is 0 Å². The largest absolute Gasteiger partial charge is 0.385 e. The van der Waals surface area contributed by atoms with E-state index in [9.17, 15) is 4.79 Å². The highest BCUT2D eigenvalue weighted by atomic mass is 32.1. The molecule has 0 saturated carbocycles. The third kappa shape index (κ3) is 3.60. The predicted octanol–water partition coefficient (Wildman–Crippen LogP) is 1.98. The molecule has 0 saturated heterocycles. The first-order valence-electron chi connectivity index (χ1n) is 5.01. The van der Waals surface area contributed by atoms with Gasteiger partial charge in [-0.2, -0.15) is 0 Å². The molecule has 0 radical (unpaired) electrons. The Balaban J connectivity index is 1.78. The van der Waals surface area contributed by atoms with Crippen LogP contribution in [-0.2, 0) is 9.63 Å². The van der Waals surface area contributed by atoms with Crippen LogP contribution in [-0.4, -0.2) is 28.2 Å². The van der Waals surface area contributed by atoms with Gasteiger partial charge in [-0.3, -0.25) is 10.1 Å². The van der Waals surface area contributed by atoms with Crippen molar-refractivity contribution in [3.63, 3.8) is 0 Å². The maximum atomic E-state index is 11.4. The molecule has 0 bridgehead atoms. The van der Waals surface area contributed by atoms with Crippen LogP contribution in [0.5, 0.6) is 0 Å². The van der Waals surface area contributed by atoms with Gasteiger partial charge in [-0.05, 0) is 6.92 Å². The number of rotatable bonds is 5. The van der Waals surface area contributed by atoms with Crippen LogP contribution in [0.4, 0.5) is 5.13 Å². The molecule has 2 heterocycles. The van der Waals surface area contributed by atoms with Crippen molar-refractivity contribution >= 4 is 39.4 Å². The molecular formula is C10H10N4O2S2. The Bertz CT molecular complexity index is 522. The molecule has 0 fully saturated rings. The Labute approximate surface area is 111 Å². The summed E-state index contributed by atoms with van der Waals surface area (Å²) in [4.78, 5) is 24.4.